The van der Waals surface area contributed by atoms with E-state index >= 15 is 0 Å². The van der Waals surface area contributed by atoms with Crippen molar-refractivity contribution in [3.63, 3.8) is 0 Å². The first kappa shape index (κ1) is 16.8. The number of hydrogen-bond acceptors (Lipinski definition) is 7. The smallest absolute Gasteiger partial charge is 0.306 e. The van der Waals surface area contributed by atoms with E-state index in [1.165, 1.54) is 0 Å². The SMILES string of the molecule is Cc1ccc(Nc2c([N+](=O)[O-])cc([N+](=O)[O-])cc2[N+](=O)[O-])c(C)c1. The van der Waals surface area contributed by atoms with Gasteiger partial charge in [0, 0.05) is 5.69 Å². The molecule has 0 atom stereocenters. The number of nitro benzene ring substituents is 3. The Balaban J connectivity index is 2.68. The van der Waals surface area contributed by atoms with Crippen LogP contribution in [0.25, 0.3) is 0 Å². The number of non-ortho nitro benzene ring substituents is 1. The van der Waals surface area contributed by atoms with Crippen LogP contribution in [0.3, 0.4) is 0 Å². The summed E-state index contributed by atoms with van der Waals surface area (Å²) in [6.07, 6.45) is 0. The maximum atomic E-state index is 11.2. The number of hydrogen-bond donors (Lipinski definition) is 1. The van der Waals surface area contributed by atoms with E-state index < -0.39 is 37.5 Å². The van der Waals surface area contributed by atoms with Gasteiger partial charge in [0.05, 0.1) is 26.9 Å². The average Bonchev–Trinajstić information content (AvgIpc) is 2.49. The molecule has 0 unspecified atom stereocenters. The zero-order chi connectivity index (χ0) is 18.0. The van der Waals surface area contributed by atoms with Crippen LogP contribution in [-0.2, 0) is 0 Å². The molecule has 124 valence electrons. The Hall–Kier alpha value is -3.56. The van der Waals surface area contributed by atoms with Crippen molar-refractivity contribution < 1.29 is 14.8 Å². The molecule has 0 fully saturated rings. The fraction of sp³-hybridized carbons (Fsp3) is 0.143. The molecule has 10 nitrogen and oxygen atoms in total. The molecule has 0 aliphatic heterocycles. The topological polar surface area (TPSA) is 141 Å². The third-order valence-corrected chi connectivity index (χ3v) is 3.33. The van der Waals surface area contributed by atoms with E-state index in [1.807, 2.05) is 6.92 Å². The van der Waals surface area contributed by atoms with Gasteiger partial charge in [-0.3, -0.25) is 30.3 Å². The quantitative estimate of drug-likeness (QED) is 0.648. The second-order valence-corrected chi connectivity index (χ2v) is 5.07. The number of benzene rings is 2. The van der Waals surface area contributed by atoms with Crippen LogP contribution in [0.2, 0.25) is 0 Å². The van der Waals surface area contributed by atoms with Crippen molar-refractivity contribution in [2.24, 2.45) is 0 Å². The van der Waals surface area contributed by atoms with Crippen molar-refractivity contribution in [3.05, 3.63) is 71.8 Å². The molecule has 0 saturated carbocycles. The zero-order valence-electron chi connectivity index (χ0n) is 12.7. The largest absolute Gasteiger partial charge is 0.344 e. The molecule has 0 radical (unpaired) electrons. The predicted molar refractivity (Wildman–Crippen MR) is 85.6 cm³/mol. The van der Waals surface area contributed by atoms with Crippen LogP contribution in [0.5, 0.6) is 0 Å². The highest BCUT2D eigenvalue weighted by atomic mass is 16.6. The van der Waals surface area contributed by atoms with Crippen LogP contribution in [0, 0.1) is 44.2 Å². The van der Waals surface area contributed by atoms with Crippen molar-refractivity contribution in [2.45, 2.75) is 13.8 Å². The van der Waals surface area contributed by atoms with Gasteiger partial charge in [-0.1, -0.05) is 17.7 Å². The van der Waals surface area contributed by atoms with Crippen molar-refractivity contribution in [1.82, 2.24) is 0 Å². The third-order valence-electron chi connectivity index (χ3n) is 3.33. The van der Waals surface area contributed by atoms with Gasteiger partial charge in [-0.2, -0.15) is 0 Å². The molecule has 0 amide bonds. The highest BCUT2D eigenvalue weighted by Gasteiger charge is 2.30. The Morgan fingerprint density at radius 1 is 0.833 bits per heavy atom. The van der Waals surface area contributed by atoms with Gasteiger partial charge in [0.25, 0.3) is 5.69 Å². The average molecular weight is 332 g/mol. The van der Waals surface area contributed by atoms with Crippen molar-refractivity contribution in [2.75, 3.05) is 5.32 Å². The molecule has 0 saturated heterocycles. The highest BCUT2D eigenvalue weighted by Crippen LogP contribution is 2.40. The predicted octanol–water partition coefficient (Wildman–Crippen LogP) is 3.77. The van der Waals surface area contributed by atoms with Crippen LogP contribution in [0.1, 0.15) is 11.1 Å². The van der Waals surface area contributed by atoms with Crippen molar-refractivity contribution >= 4 is 28.4 Å². The maximum Gasteiger partial charge on any atom is 0.306 e. The molecule has 0 aliphatic rings. The lowest BCUT2D eigenvalue weighted by molar-refractivity contribution is -0.401. The summed E-state index contributed by atoms with van der Waals surface area (Å²) < 4.78 is 0. The molecule has 0 aliphatic carbocycles. The molecule has 10 heteroatoms. The van der Waals surface area contributed by atoms with E-state index in [0.717, 1.165) is 11.1 Å². The number of nitrogens with zero attached hydrogens (tertiary/aromatic N) is 3. The van der Waals surface area contributed by atoms with Crippen LogP contribution in [0.15, 0.2) is 30.3 Å². The number of anilines is 2. The van der Waals surface area contributed by atoms with Gasteiger partial charge in [-0.15, -0.1) is 0 Å². The van der Waals surface area contributed by atoms with Gasteiger partial charge < -0.3 is 5.32 Å². The minimum absolute atomic E-state index is 0.400. The van der Waals surface area contributed by atoms with Crippen LogP contribution in [0.4, 0.5) is 28.4 Å². The molecular formula is C14H12N4O6. The number of nitrogens with one attached hydrogen (secondary N) is 1. The lowest BCUT2D eigenvalue weighted by atomic mass is 10.1. The third kappa shape index (κ3) is 3.27. The molecule has 2 aromatic carbocycles. The van der Waals surface area contributed by atoms with Crippen LogP contribution in [-0.4, -0.2) is 14.8 Å². The van der Waals surface area contributed by atoms with Gasteiger partial charge in [-0.05, 0) is 25.5 Å². The minimum atomic E-state index is -0.916. The lowest BCUT2D eigenvalue weighted by Crippen LogP contribution is -2.04. The molecule has 0 bridgehead atoms. The molecule has 0 aromatic heterocycles. The molecule has 0 heterocycles. The summed E-state index contributed by atoms with van der Waals surface area (Å²) in [6.45, 7) is 3.59. The van der Waals surface area contributed by atoms with Gasteiger partial charge in [-0.25, -0.2) is 0 Å². The standard InChI is InChI=1S/C14H12N4O6/c1-8-3-4-11(9(2)5-8)15-14-12(17(21)22)6-10(16(19)20)7-13(14)18(23)24/h3-7,15H,1-2H3. The van der Waals surface area contributed by atoms with E-state index in [2.05, 4.69) is 5.32 Å². The first-order valence-corrected chi connectivity index (χ1v) is 6.66. The van der Waals surface area contributed by atoms with Crippen molar-refractivity contribution in [3.8, 4) is 0 Å². The lowest BCUT2D eigenvalue weighted by Gasteiger charge is -2.11. The summed E-state index contributed by atoms with van der Waals surface area (Å²) in [4.78, 5) is 30.6. The second kappa shape index (κ2) is 6.28. The van der Waals surface area contributed by atoms with E-state index in [9.17, 15) is 30.3 Å². The minimum Gasteiger partial charge on any atom is -0.344 e. The molecule has 1 N–H and O–H groups in total. The Bertz CT molecular complexity index is 829. The van der Waals surface area contributed by atoms with E-state index in [-0.39, 0.29) is 0 Å². The Labute approximate surface area is 135 Å². The number of rotatable bonds is 5. The first-order valence-electron chi connectivity index (χ1n) is 6.66. The van der Waals surface area contributed by atoms with Gasteiger partial charge >= 0.3 is 11.4 Å². The summed E-state index contributed by atoms with van der Waals surface area (Å²) in [5.41, 5.74) is -0.503. The normalized spacial score (nSPS) is 10.2. The summed E-state index contributed by atoms with van der Waals surface area (Å²) >= 11 is 0. The Morgan fingerprint density at radius 2 is 1.38 bits per heavy atom. The monoisotopic (exact) mass is 332 g/mol. The summed E-state index contributed by atoms with van der Waals surface area (Å²) in [7, 11) is 0. The van der Waals surface area contributed by atoms with E-state index in [0.29, 0.717) is 17.8 Å². The van der Waals surface area contributed by atoms with Crippen molar-refractivity contribution in [1.29, 1.82) is 0 Å². The van der Waals surface area contributed by atoms with Gasteiger partial charge in [0.1, 0.15) is 0 Å². The molecular weight excluding hydrogens is 320 g/mol. The first-order chi connectivity index (χ1) is 11.2. The molecule has 24 heavy (non-hydrogen) atoms. The molecule has 2 rings (SSSR count). The zero-order valence-corrected chi connectivity index (χ0v) is 12.7. The van der Waals surface area contributed by atoms with Gasteiger partial charge in [0.2, 0.25) is 0 Å². The Kier molecular flexibility index (Phi) is 4.40. The van der Waals surface area contributed by atoms with E-state index in [4.69, 9.17) is 0 Å². The molecule has 2 aromatic rings. The maximum absolute atomic E-state index is 11.2. The number of aryl methyl sites for hydroxylation is 2. The molecule has 0 spiro atoms. The fourth-order valence-electron chi connectivity index (χ4n) is 2.21. The summed E-state index contributed by atoms with van der Waals surface area (Å²) in [6, 6.07) is 6.54. The highest BCUT2D eigenvalue weighted by molar-refractivity contribution is 5.82. The van der Waals surface area contributed by atoms with E-state index in [1.54, 1.807) is 25.1 Å². The Morgan fingerprint density at radius 3 is 1.79 bits per heavy atom. The fourth-order valence-corrected chi connectivity index (χ4v) is 2.21. The summed E-state index contributed by atoms with van der Waals surface area (Å²) in [5.74, 6) is 0. The number of nitro groups is 3. The van der Waals surface area contributed by atoms with Gasteiger partial charge in [0.15, 0.2) is 5.69 Å². The summed E-state index contributed by atoms with van der Waals surface area (Å²) in [5, 5.41) is 36.0. The second-order valence-electron chi connectivity index (χ2n) is 5.07. The van der Waals surface area contributed by atoms with Crippen LogP contribution < -0.4 is 5.32 Å². The van der Waals surface area contributed by atoms with Crippen LogP contribution >= 0.6 is 0 Å².